The van der Waals surface area contributed by atoms with Gasteiger partial charge in [-0.3, -0.25) is 4.79 Å². The van der Waals surface area contributed by atoms with Gasteiger partial charge in [-0.1, -0.05) is 53.9 Å². The minimum atomic E-state index is -0.0877. The Kier molecular flexibility index (Phi) is 6.87. The molecule has 0 spiro atoms. The Labute approximate surface area is 192 Å². The summed E-state index contributed by atoms with van der Waals surface area (Å²) in [5.74, 6) is 6.22. The highest BCUT2D eigenvalue weighted by molar-refractivity contribution is 5.66. The summed E-state index contributed by atoms with van der Waals surface area (Å²) < 4.78 is 5.65. The van der Waals surface area contributed by atoms with Gasteiger partial charge in [0.25, 0.3) is 0 Å². The summed E-state index contributed by atoms with van der Waals surface area (Å²) in [6.45, 7) is 14.2. The zero-order valence-corrected chi connectivity index (χ0v) is 21.4. The molecule has 0 N–H and O–H groups in total. The monoisotopic (exact) mass is 430 g/mol. The average molecular weight is 431 g/mol. The van der Waals surface area contributed by atoms with Crippen LogP contribution in [0.15, 0.2) is 0 Å². The van der Waals surface area contributed by atoms with Crippen molar-refractivity contribution in [2.24, 2.45) is 52.3 Å². The van der Waals surface area contributed by atoms with Gasteiger partial charge in [-0.05, 0) is 110 Å². The first-order chi connectivity index (χ1) is 14.6. The minimum Gasteiger partial charge on any atom is -0.463 e. The molecule has 0 aromatic carbocycles. The number of ether oxygens (including phenoxy) is 1. The summed E-state index contributed by atoms with van der Waals surface area (Å²) in [6, 6.07) is 0. The fourth-order valence-corrected chi connectivity index (χ4v) is 9.59. The fraction of sp³-hybridized carbons (Fsp3) is 0.966. The van der Waals surface area contributed by atoms with E-state index in [1.807, 2.05) is 0 Å². The lowest BCUT2D eigenvalue weighted by atomic mass is 9.44. The summed E-state index contributed by atoms with van der Waals surface area (Å²) in [7, 11) is 0. The van der Waals surface area contributed by atoms with E-state index in [9.17, 15) is 4.79 Å². The second-order valence-electron chi connectivity index (χ2n) is 13.2. The van der Waals surface area contributed by atoms with E-state index >= 15 is 0 Å². The summed E-state index contributed by atoms with van der Waals surface area (Å²) in [5, 5.41) is 0. The second kappa shape index (κ2) is 9.02. The molecule has 0 heterocycles. The number of hydrogen-bond donors (Lipinski definition) is 0. The number of hydrogen-bond acceptors (Lipinski definition) is 2. The van der Waals surface area contributed by atoms with Gasteiger partial charge in [0.05, 0.1) is 0 Å². The van der Waals surface area contributed by atoms with Crippen LogP contribution in [-0.4, -0.2) is 12.1 Å². The molecule has 0 aromatic heterocycles. The van der Waals surface area contributed by atoms with E-state index in [1.165, 1.54) is 64.2 Å². The number of fused-ring (bicyclic) bond motifs is 5. The number of esters is 1. The first-order valence-corrected chi connectivity index (χ1v) is 13.8. The van der Waals surface area contributed by atoms with E-state index in [2.05, 4.69) is 34.6 Å². The van der Waals surface area contributed by atoms with E-state index in [-0.39, 0.29) is 12.1 Å². The topological polar surface area (TPSA) is 26.3 Å². The molecule has 0 saturated heterocycles. The molecule has 0 bridgehead atoms. The van der Waals surface area contributed by atoms with Crippen molar-refractivity contribution >= 4 is 5.97 Å². The van der Waals surface area contributed by atoms with Gasteiger partial charge in [0.15, 0.2) is 0 Å². The molecule has 9 unspecified atom stereocenters. The molecule has 0 amide bonds. The maximum atomic E-state index is 11.5. The van der Waals surface area contributed by atoms with Gasteiger partial charge in [-0.15, -0.1) is 0 Å². The zero-order chi connectivity index (χ0) is 22.4. The van der Waals surface area contributed by atoms with Crippen molar-refractivity contribution in [3.63, 3.8) is 0 Å². The Morgan fingerprint density at radius 3 is 2.32 bits per heavy atom. The van der Waals surface area contributed by atoms with Crippen LogP contribution in [0.5, 0.6) is 0 Å². The van der Waals surface area contributed by atoms with E-state index in [1.54, 1.807) is 6.92 Å². The second-order valence-corrected chi connectivity index (χ2v) is 13.2. The third kappa shape index (κ3) is 4.35. The minimum absolute atomic E-state index is 0.0877. The molecule has 4 saturated carbocycles. The molecular weight excluding hydrogens is 380 g/mol. The Morgan fingerprint density at radius 2 is 1.61 bits per heavy atom. The molecule has 0 aliphatic heterocycles. The lowest BCUT2D eigenvalue weighted by Gasteiger charge is -2.61. The Hall–Kier alpha value is -0.530. The first-order valence-electron chi connectivity index (χ1n) is 13.8. The lowest BCUT2D eigenvalue weighted by Crippen LogP contribution is -2.54. The standard InChI is InChI=1S/C29H50O2/c1-19(2)8-7-9-20(3)25-12-13-26-24-11-10-22-18-23(31-21(4)30)14-16-28(22,5)27(24)15-17-29(25,26)6/h19-20,22-27H,7-18H2,1-6H3. The summed E-state index contributed by atoms with van der Waals surface area (Å²) in [4.78, 5) is 11.5. The predicted octanol–water partition coefficient (Wildman–Crippen LogP) is 8.04. The van der Waals surface area contributed by atoms with E-state index in [0.717, 1.165) is 54.3 Å². The molecule has 31 heavy (non-hydrogen) atoms. The highest BCUT2D eigenvalue weighted by Gasteiger charge is 2.60. The maximum absolute atomic E-state index is 11.5. The van der Waals surface area contributed by atoms with Gasteiger partial charge in [-0.2, -0.15) is 0 Å². The van der Waals surface area contributed by atoms with Gasteiger partial charge >= 0.3 is 5.97 Å². The molecule has 2 heteroatoms. The molecular formula is C29H50O2. The van der Waals surface area contributed by atoms with Crippen LogP contribution in [0.4, 0.5) is 0 Å². The van der Waals surface area contributed by atoms with Gasteiger partial charge in [0.2, 0.25) is 0 Å². The highest BCUT2D eigenvalue weighted by Crippen LogP contribution is 2.68. The van der Waals surface area contributed by atoms with Crippen molar-refractivity contribution < 1.29 is 9.53 Å². The molecule has 4 rings (SSSR count). The normalized spacial score (nSPS) is 45.5. The van der Waals surface area contributed by atoms with Crippen LogP contribution >= 0.6 is 0 Å². The molecule has 0 radical (unpaired) electrons. The SMILES string of the molecule is CC(=O)OC1CCC2(C)C(CCC3C2CCC2(C)C(C(C)CCCC(C)C)CCC32)C1. The van der Waals surface area contributed by atoms with Gasteiger partial charge in [-0.25, -0.2) is 0 Å². The molecule has 0 aromatic rings. The molecule has 4 aliphatic rings. The number of rotatable bonds is 6. The third-order valence-corrected chi connectivity index (χ3v) is 11.2. The lowest BCUT2D eigenvalue weighted by molar-refractivity contribution is -0.160. The smallest absolute Gasteiger partial charge is 0.302 e. The number of carbonyl (C=O) groups excluding carboxylic acids is 1. The zero-order valence-electron chi connectivity index (χ0n) is 21.4. The Morgan fingerprint density at radius 1 is 0.903 bits per heavy atom. The van der Waals surface area contributed by atoms with Crippen molar-refractivity contribution in [1.82, 2.24) is 0 Å². The van der Waals surface area contributed by atoms with Gasteiger partial charge in [0.1, 0.15) is 6.10 Å². The molecule has 4 fully saturated rings. The fourth-order valence-electron chi connectivity index (χ4n) is 9.59. The van der Waals surface area contributed by atoms with Crippen molar-refractivity contribution in [3.05, 3.63) is 0 Å². The van der Waals surface area contributed by atoms with Crippen LogP contribution in [0.1, 0.15) is 119 Å². The van der Waals surface area contributed by atoms with Crippen molar-refractivity contribution in [1.29, 1.82) is 0 Å². The largest absolute Gasteiger partial charge is 0.463 e. The van der Waals surface area contributed by atoms with Gasteiger partial charge < -0.3 is 4.74 Å². The molecule has 9 atom stereocenters. The highest BCUT2D eigenvalue weighted by atomic mass is 16.5. The number of carbonyl (C=O) groups is 1. The summed E-state index contributed by atoms with van der Waals surface area (Å²) >= 11 is 0. The Balaban J connectivity index is 1.43. The third-order valence-electron chi connectivity index (χ3n) is 11.2. The molecule has 2 nitrogen and oxygen atoms in total. The van der Waals surface area contributed by atoms with Crippen LogP contribution in [-0.2, 0) is 9.53 Å². The quantitative estimate of drug-likeness (QED) is 0.398. The van der Waals surface area contributed by atoms with Gasteiger partial charge in [0, 0.05) is 6.92 Å². The van der Waals surface area contributed by atoms with E-state index in [4.69, 9.17) is 4.74 Å². The predicted molar refractivity (Wildman–Crippen MR) is 129 cm³/mol. The maximum Gasteiger partial charge on any atom is 0.302 e. The van der Waals surface area contributed by atoms with E-state index < -0.39 is 0 Å². The molecule has 178 valence electrons. The first kappa shape index (κ1) is 23.6. The van der Waals surface area contributed by atoms with E-state index in [0.29, 0.717) is 10.8 Å². The van der Waals surface area contributed by atoms with Crippen molar-refractivity contribution in [3.8, 4) is 0 Å². The average Bonchev–Trinajstić information content (AvgIpc) is 3.05. The van der Waals surface area contributed by atoms with Crippen LogP contribution in [0.3, 0.4) is 0 Å². The van der Waals surface area contributed by atoms with Crippen molar-refractivity contribution in [2.45, 2.75) is 125 Å². The Bertz CT molecular complexity index is 641. The van der Waals surface area contributed by atoms with Crippen molar-refractivity contribution in [2.75, 3.05) is 0 Å². The van der Waals surface area contributed by atoms with Crippen LogP contribution in [0, 0.1) is 52.3 Å². The summed E-state index contributed by atoms with van der Waals surface area (Å²) in [5.41, 5.74) is 1.08. The summed E-state index contributed by atoms with van der Waals surface area (Å²) in [6.07, 6.45) is 16.6. The van der Waals surface area contributed by atoms with Crippen LogP contribution < -0.4 is 0 Å². The van der Waals surface area contributed by atoms with Crippen LogP contribution in [0.2, 0.25) is 0 Å². The van der Waals surface area contributed by atoms with Crippen LogP contribution in [0.25, 0.3) is 0 Å². The molecule has 4 aliphatic carbocycles.